The SMILES string of the molecule is CCCNC(Cc1ccc(F)cc1Cl)c1cscc1Br. The Bertz CT molecular complexity index is 573. The molecule has 108 valence electrons. The smallest absolute Gasteiger partial charge is 0.124 e. The van der Waals surface area contributed by atoms with Crippen LogP contribution in [0.5, 0.6) is 0 Å². The van der Waals surface area contributed by atoms with Crippen LogP contribution in [0.4, 0.5) is 4.39 Å². The molecular formula is C15H16BrClFNS. The van der Waals surface area contributed by atoms with Crippen LogP contribution in [0.3, 0.4) is 0 Å². The first kappa shape index (κ1) is 16.0. The molecule has 0 bridgehead atoms. The molecule has 1 N–H and O–H groups in total. The number of hydrogen-bond acceptors (Lipinski definition) is 2. The minimum absolute atomic E-state index is 0.179. The second-order valence-corrected chi connectivity index (χ2v) is 6.63. The van der Waals surface area contributed by atoms with Gasteiger partial charge in [0.2, 0.25) is 0 Å². The summed E-state index contributed by atoms with van der Waals surface area (Å²) < 4.78 is 14.2. The lowest BCUT2D eigenvalue weighted by Crippen LogP contribution is -2.24. The van der Waals surface area contributed by atoms with E-state index in [1.165, 1.54) is 17.7 Å². The van der Waals surface area contributed by atoms with Crippen molar-refractivity contribution < 1.29 is 4.39 Å². The van der Waals surface area contributed by atoms with E-state index in [-0.39, 0.29) is 11.9 Å². The molecule has 2 aromatic rings. The molecule has 0 saturated carbocycles. The maximum absolute atomic E-state index is 13.1. The van der Waals surface area contributed by atoms with E-state index in [9.17, 15) is 4.39 Å². The van der Waals surface area contributed by atoms with Crippen LogP contribution >= 0.6 is 38.9 Å². The van der Waals surface area contributed by atoms with Crippen molar-refractivity contribution in [3.63, 3.8) is 0 Å². The van der Waals surface area contributed by atoms with Gasteiger partial charge in [-0.2, -0.15) is 11.3 Å². The highest BCUT2D eigenvalue weighted by molar-refractivity contribution is 9.10. The van der Waals surface area contributed by atoms with Gasteiger partial charge in [0.15, 0.2) is 0 Å². The molecule has 20 heavy (non-hydrogen) atoms. The zero-order valence-electron chi connectivity index (χ0n) is 11.1. The standard InChI is InChI=1S/C15H16BrClFNS/c1-2-5-19-15(12-8-20-9-13(12)16)6-10-3-4-11(18)7-14(10)17/h3-4,7-9,15,19H,2,5-6H2,1H3. The van der Waals surface area contributed by atoms with Gasteiger partial charge in [0.25, 0.3) is 0 Å². The Balaban J connectivity index is 2.21. The number of hydrogen-bond donors (Lipinski definition) is 1. The third-order valence-electron chi connectivity index (χ3n) is 3.10. The van der Waals surface area contributed by atoms with Gasteiger partial charge in [0.05, 0.1) is 0 Å². The van der Waals surface area contributed by atoms with Crippen LogP contribution in [0.15, 0.2) is 33.4 Å². The molecule has 1 aromatic carbocycles. The summed E-state index contributed by atoms with van der Waals surface area (Å²) in [5, 5.41) is 8.22. The molecule has 0 aliphatic rings. The number of benzene rings is 1. The van der Waals surface area contributed by atoms with Crippen molar-refractivity contribution in [2.24, 2.45) is 0 Å². The monoisotopic (exact) mass is 375 g/mol. The molecule has 0 saturated heterocycles. The Hall–Kier alpha value is -0.420. The van der Waals surface area contributed by atoms with Gasteiger partial charge in [-0.25, -0.2) is 4.39 Å². The van der Waals surface area contributed by atoms with Crippen molar-refractivity contribution in [3.05, 3.63) is 55.4 Å². The van der Waals surface area contributed by atoms with E-state index in [1.54, 1.807) is 17.4 Å². The second kappa shape index (κ2) is 7.55. The Kier molecular flexibility index (Phi) is 6.02. The van der Waals surface area contributed by atoms with E-state index >= 15 is 0 Å². The quantitative estimate of drug-likeness (QED) is 0.693. The molecule has 1 atom stereocenters. The van der Waals surface area contributed by atoms with Crippen molar-refractivity contribution in [3.8, 4) is 0 Å². The Labute approximate surface area is 136 Å². The van der Waals surface area contributed by atoms with Crippen LogP contribution in [0, 0.1) is 5.82 Å². The molecule has 5 heteroatoms. The Morgan fingerprint density at radius 3 is 2.80 bits per heavy atom. The van der Waals surface area contributed by atoms with Crippen LogP contribution < -0.4 is 5.32 Å². The van der Waals surface area contributed by atoms with Crippen molar-refractivity contribution in [1.29, 1.82) is 0 Å². The average Bonchev–Trinajstić information content (AvgIpc) is 2.83. The maximum atomic E-state index is 13.1. The largest absolute Gasteiger partial charge is 0.310 e. The average molecular weight is 377 g/mol. The number of halogens is 3. The van der Waals surface area contributed by atoms with Crippen LogP contribution in [0.2, 0.25) is 5.02 Å². The minimum atomic E-state index is -0.298. The van der Waals surface area contributed by atoms with Gasteiger partial charge < -0.3 is 5.32 Å². The van der Waals surface area contributed by atoms with Crippen LogP contribution in [0.1, 0.15) is 30.5 Å². The summed E-state index contributed by atoms with van der Waals surface area (Å²) in [5.41, 5.74) is 2.18. The molecule has 1 aromatic heterocycles. The maximum Gasteiger partial charge on any atom is 0.124 e. The molecule has 1 unspecified atom stereocenters. The van der Waals surface area contributed by atoms with Gasteiger partial charge in [-0.05, 0) is 64.0 Å². The number of thiophene rings is 1. The van der Waals surface area contributed by atoms with E-state index in [0.717, 1.165) is 29.4 Å². The van der Waals surface area contributed by atoms with E-state index < -0.39 is 0 Å². The van der Waals surface area contributed by atoms with E-state index in [0.29, 0.717) is 5.02 Å². The molecule has 0 radical (unpaired) electrons. The first-order valence-electron chi connectivity index (χ1n) is 6.50. The van der Waals surface area contributed by atoms with E-state index in [1.807, 2.05) is 0 Å². The molecule has 0 fully saturated rings. The summed E-state index contributed by atoms with van der Waals surface area (Å²) in [6.45, 7) is 3.07. The lowest BCUT2D eigenvalue weighted by molar-refractivity contribution is 0.528. The highest BCUT2D eigenvalue weighted by Crippen LogP contribution is 2.31. The lowest BCUT2D eigenvalue weighted by Gasteiger charge is -2.19. The third kappa shape index (κ3) is 4.04. The topological polar surface area (TPSA) is 12.0 Å². The zero-order valence-corrected chi connectivity index (χ0v) is 14.3. The fourth-order valence-electron chi connectivity index (χ4n) is 2.06. The van der Waals surface area contributed by atoms with Crippen molar-refractivity contribution in [1.82, 2.24) is 5.32 Å². The van der Waals surface area contributed by atoms with Gasteiger partial charge in [-0.15, -0.1) is 0 Å². The van der Waals surface area contributed by atoms with Crippen LogP contribution in [-0.4, -0.2) is 6.54 Å². The predicted molar refractivity (Wildman–Crippen MR) is 88.2 cm³/mol. The Morgan fingerprint density at radius 2 is 2.20 bits per heavy atom. The summed E-state index contributed by atoms with van der Waals surface area (Å²) in [7, 11) is 0. The molecule has 1 heterocycles. The second-order valence-electron chi connectivity index (χ2n) is 4.62. The van der Waals surface area contributed by atoms with E-state index in [2.05, 4.69) is 38.9 Å². The van der Waals surface area contributed by atoms with Gasteiger partial charge in [0, 0.05) is 20.9 Å². The van der Waals surface area contributed by atoms with E-state index in [4.69, 9.17) is 11.6 Å². The molecule has 0 aliphatic heterocycles. The number of nitrogens with one attached hydrogen (secondary N) is 1. The van der Waals surface area contributed by atoms with Gasteiger partial charge in [0.1, 0.15) is 5.82 Å². The highest BCUT2D eigenvalue weighted by Gasteiger charge is 2.17. The molecule has 0 spiro atoms. The fraction of sp³-hybridized carbons (Fsp3) is 0.333. The summed E-state index contributed by atoms with van der Waals surface area (Å²) in [6.07, 6.45) is 1.81. The van der Waals surface area contributed by atoms with Gasteiger partial charge in [-0.3, -0.25) is 0 Å². The molecule has 2 rings (SSSR count). The molecular weight excluding hydrogens is 361 g/mol. The molecule has 1 nitrogen and oxygen atoms in total. The first-order chi connectivity index (χ1) is 9.61. The van der Waals surface area contributed by atoms with Crippen molar-refractivity contribution in [2.75, 3.05) is 6.54 Å². The summed E-state index contributed by atoms with van der Waals surface area (Å²) in [4.78, 5) is 0. The highest BCUT2D eigenvalue weighted by atomic mass is 79.9. The predicted octanol–water partition coefficient (Wildman–Crippen LogP) is 5.59. The summed E-state index contributed by atoms with van der Waals surface area (Å²) >= 11 is 11.4. The van der Waals surface area contributed by atoms with Crippen molar-refractivity contribution in [2.45, 2.75) is 25.8 Å². The zero-order chi connectivity index (χ0) is 14.5. The van der Waals surface area contributed by atoms with Gasteiger partial charge in [-0.1, -0.05) is 24.6 Å². The summed E-state index contributed by atoms with van der Waals surface area (Å²) in [5.74, 6) is -0.298. The Morgan fingerprint density at radius 1 is 1.40 bits per heavy atom. The fourth-order valence-corrected chi connectivity index (χ4v) is 3.93. The van der Waals surface area contributed by atoms with Crippen LogP contribution in [0.25, 0.3) is 0 Å². The first-order valence-corrected chi connectivity index (χ1v) is 8.62. The number of rotatable bonds is 6. The van der Waals surface area contributed by atoms with Crippen molar-refractivity contribution >= 4 is 38.9 Å². The molecule has 0 amide bonds. The van der Waals surface area contributed by atoms with Gasteiger partial charge >= 0.3 is 0 Å². The summed E-state index contributed by atoms with van der Waals surface area (Å²) in [6, 6.07) is 4.77. The molecule has 0 aliphatic carbocycles. The third-order valence-corrected chi connectivity index (χ3v) is 5.20. The van der Waals surface area contributed by atoms with Crippen LogP contribution in [-0.2, 0) is 6.42 Å². The minimum Gasteiger partial charge on any atom is -0.310 e. The normalized spacial score (nSPS) is 12.6. The lowest BCUT2D eigenvalue weighted by atomic mass is 10.0.